The van der Waals surface area contributed by atoms with Gasteiger partial charge in [0.05, 0.1) is 6.61 Å². The Kier molecular flexibility index (Phi) is 8.79. The first-order valence-corrected chi connectivity index (χ1v) is 7.74. The zero-order valence-corrected chi connectivity index (χ0v) is 11.9. The van der Waals surface area contributed by atoms with Gasteiger partial charge in [0.25, 0.3) is 0 Å². The fourth-order valence-corrected chi connectivity index (χ4v) is 1.82. The van der Waals surface area contributed by atoms with Crippen molar-refractivity contribution in [2.45, 2.75) is 52.9 Å². The standard InChI is InChI=1S/C12H25O4P/c1-4-11(2)7-5-6-8-12(3)9-10-16-17(13,14)15/h7,12H,4-6,8-10H2,1-3H3,(H2,13,14,15)/b11-7+. The van der Waals surface area contributed by atoms with Crippen molar-refractivity contribution in [3.8, 4) is 0 Å². The van der Waals surface area contributed by atoms with Crippen LogP contribution in [0, 0.1) is 5.92 Å². The van der Waals surface area contributed by atoms with Crippen LogP contribution in [-0.2, 0) is 9.09 Å². The van der Waals surface area contributed by atoms with Gasteiger partial charge in [-0.1, -0.05) is 31.9 Å². The lowest BCUT2D eigenvalue weighted by Crippen LogP contribution is -2.01. The summed E-state index contributed by atoms with van der Waals surface area (Å²) in [4.78, 5) is 17.0. The molecule has 0 saturated heterocycles. The molecule has 0 spiro atoms. The van der Waals surface area contributed by atoms with Crippen molar-refractivity contribution in [1.82, 2.24) is 0 Å². The Morgan fingerprint density at radius 2 is 2.06 bits per heavy atom. The third-order valence-corrected chi connectivity index (χ3v) is 3.34. The van der Waals surface area contributed by atoms with Gasteiger partial charge >= 0.3 is 7.82 Å². The lowest BCUT2D eigenvalue weighted by molar-refractivity contribution is 0.184. The van der Waals surface area contributed by atoms with E-state index in [0.29, 0.717) is 12.3 Å². The van der Waals surface area contributed by atoms with E-state index in [4.69, 9.17) is 9.79 Å². The van der Waals surface area contributed by atoms with Crippen LogP contribution in [-0.4, -0.2) is 16.4 Å². The van der Waals surface area contributed by atoms with Crippen molar-refractivity contribution in [2.75, 3.05) is 6.61 Å². The molecular formula is C12H25O4P. The Morgan fingerprint density at radius 1 is 1.41 bits per heavy atom. The van der Waals surface area contributed by atoms with Crippen molar-refractivity contribution in [1.29, 1.82) is 0 Å². The number of rotatable bonds is 9. The van der Waals surface area contributed by atoms with Crippen molar-refractivity contribution >= 4 is 7.82 Å². The molecule has 0 radical (unpaired) electrons. The third kappa shape index (κ3) is 12.1. The second kappa shape index (κ2) is 8.87. The topological polar surface area (TPSA) is 66.8 Å². The number of phosphoric acid groups is 1. The highest BCUT2D eigenvalue weighted by molar-refractivity contribution is 7.46. The first-order valence-electron chi connectivity index (χ1n) is 6.21. The van der Waals surface area contributed by atoms with E-state index in [1.54, 1.807) is 0 Å². The summed E-state index contributed by atoms with van der Waals surface area (Å²) >= 11 is 0. The van der Waals surface area contributed by atoms with Gasteiger partial charge in [0.2, 0.25) is 0 Å². The van der Waals surface area contributed by atoms with Gasteiger partial charge in [-0.05, 0) is 38.5 Å². The lowest BCUT2D eigenvalue weighted by Gasteiger charge is -2.11. The summed E-state index contributed by atoms with van der Waals surface area (Å²) < 4.78 is 14.9. The Labute approximate surface area is 104 Å². The average Bonchev–Trinajstić information content (AvgIpc) is 2.22. The largest absolute Gasteiger partial charge is 0.469 e. The van der Waals surface area contributed by atoms with Crippen molar-refractivity contribution in [2.24, 2.45) is 5.92 Å². The Morgan fingerprint density at radius 3 is 2.59 bits per heavy atom. The summed E-state index contributed by atoms with van der Waals surface area (Å²) in [5.74, 6) is 0.442. The smallest absolute Gasteiger partial charge is 0.303 e. The van der Waals surface area contributed by atoms with Crippen LogP contribution in [0.15, 0.2) is 11.6 Å². The third-order valence-electron chi connectivity index (χ3n) is 2.82. The van der Waals surface area contributed by atoms with Crippen LogP contribution in [0.1, 0.15) is 52.9 Å². The summed E-state index contributed by atoms with van der Waals surface area (Å²) in [6, 6.07) is 0. The van der Waals surface area contributed by atoms with Gasteiger partial charge in [-0.2, -0.15) is 0 Å². The molecule has 0 heterocycles. The highest BCUT2D eigenvalue weighted by atomic mass is 31.2. The van der Waals surface area contributed by atoms with E-state index in [1.807, 2.05) is 0 Å². The van der Waals surface area contributed by atoms with Gasteiger partial charge in [0.1, 0.15) is 0 Å². The molecule has 0 fully saturated rings. The molecule has 102 valence electrons. The van der Waals surface area contributed by atoms with Gasteiger partial charge in [-0.15, -0.1) is 0 Å². The summed E-state index contributed by atoms with van der Waals surface area (Å²) in [5, 5.41) is 0. The van der Waals surface area contributed by atoms with Crippen LogP contribution in [0.2, 0.25) is 0 Å². The summed E-state index contributed by atoms with van der Waals surface area (Å²) in [5.41, 5.74) is 1.42. The second-order valence-electron chi connectivity index (χ2n) is 4.55. The zero-order valence-electron chi connectivity index (χ0n) is 11.1. The van der Waals surface area contributed by atoms with Crippen molar-refractivity contribution < 1.29 is 18.9 Å². The van der Waals surface area contributed by atoms with Crippen LogP contribution in [0.3, 0.4) is 0 Å². The van der Waals surface area contributed by atoms with E-state index in [1.165, 1.54) is 5.57 Å². The zero-order chi connectivity index (χ0) is 13.3. The van der Waals surface area contributed by atoms with Crippen molar-refractivity contribution in [3.05, 3.63) is 11.6 Å². The maximum Gasteiger partial charge on any atom is 0.469 e. The van der Waals surface area contributed by atoms with E-state index in [9.17, 15) is 4.57 Å². The number of allylic oxidation sites excluding steroid dienone is 2. The molecule has 0 aromatic heterocycles. The monoisotopic (exact) mass is 264 g/mol. The Balaban J connectivity index is 3.54. The predicted octanol–water partition coefficient (Wildman–Crippen LogP) is 3.65. The number of unbranched alkanes of at least 4 members (excludes halogenated alkanes) is 1. The molecule has 0 saturated carbocycles. The number of hydrogen-bond acceptors (Lipinski definition) is 2. The van der Waals surface area contributed by atoms with Gasteiger partial charge < -0.3 is 9.79 Å². The fourth-order valence-electron chi connectivity index (χ4n) is 1.48. The van der Waals surface area contributed by atoms with Crippen LogP contribution in [0.5, 0.6) is 0 Å². The highest BCUT2D eigenvalue weighted by Gasteiger charge is 2.13. The first kappa shape index (κ1) is 16.9. The number of hydrogen-bond donors (Lipinski definition) is 2. The predicted molar refractivity (Wildman–Crippen MR) is 69.7 cm³/mol. The van der Waals surface area contributed by atoms with Crippen molar-refractivity contribution in [3.63, 3.8) is 0 Å². The average molecular weight is 264 g/mol. The van der Waals surface area contributed by atoms with Gasteiger partial charge in [0.15, 0.2) is 0 Å². The maximum atomic E-state index is 10.4. The molecular weight excluding hydrogens is 239 g/mol. The van der Waals surface area contributed by atoms with Crippen LogP contribution < -0.4 is 0 Å². The van der Waals surface area contributed by atoms with E-state index in [0.717, 1.165) is 25.7 Å². The molecule has 5 heteroatoms. The molecule has 1 unspecified atom stereocenters. The molecule has 0 amide bonds. The molecule has 1 atom stereocenters. The van der Waals surface area contributed by atoms with E-state index >= 15 is 0 Å². The number of phosphoric ester groups is 1. The first-order chi connectivity index (χ1) is 7.85. The normalized spacial score (nSPS) is 15.0. The van der Waals surface area contributed by atoms with Gasteiger partial charge in [-0.25, -0.2) is 4.57 Å². The summed E-state index contributed by atoms with van der Waals surface area (Å²) in [6.07, 6.45) is 7.34. The minimum atomic E-state index is -4.28. The minimum absolute atomic E-state index is 0.134. The molecule has 0 aromatic carbocycles. The molecule has 0 rings (SSSR count). The highest BCUT2D eigenvalue weighted by Crippen LogP contribution is 2.36. The summed E-state index contributed by atoms with van der Waals surface area (Å²) in [6.45, 7) is 6.50. The Hall–Kier alpha value is -0.150. The van der Waals surface area contributed by atoms with Gasteiger partial charge in [0, 0.05) is 0 Å². The molecule has 0 aromatic rings. The molecule has 0 aliphatic heterocycles. The molecule has 2 N–H and O–H groups in total. The molecule has 4 nitrogen and oxygen atoms in total. The van der Waals surface area contributed by atoms with E-state index in [2.05, 4.69) is 31.4 Å². The molecule has 0 bridgehead atoms. The lowest BCUT2D eigenvalue weighted by atomic mass is 10.0. The van der Waals surface area contributed by atoms with Crippen LogP contribution in [0.4, 0.5) is 0 Å². The maximum absolute atomic E-state index is 10.4. The fraction of sp³-hybridized carbons (Fsp3) is 0.833. The molecule has 0 aliphatic rings. The SMILES string of the molecule is CC/C(C)=C/CCCC(C)CCOP(=O)(O)O. The summed E-state index contributed by atoms with van der Waals surface area (Å²) in [7, 11) is -4.28. The van der Waals surface area contributed by atoms with Gasteiger partial charge in [-0.3, -0.25) is 4.52 Å². The quantitative estimate of drug-likeness (QED) is 0.379. The second-order valence-corrected chi connectivity index (χ2v) is 5.79. The molecule has 0 aliphatic carbocycles. The van der Waals surface area contributed by atoms with Crippen LogP contribution in [0.25, 0.3) is 0 Å². The molecule has 17 heavy (non-hydrogen) atoms. The minimum Gasteiger partial charge on any atom is -0.303 e. The van der Waals surface area contributed by atoms with Crippen LogP contribution >= 0.6 is 7.82 Å². The van der Waals surface area contributed by atoms with E-state index < -0.39 is 7.82 Å². The Bertz CT molecular complexity index is 270. The van der Waals surface area contributed by atoms with E-state index in [-0.39, 0.29) is 6.61 Å².